The van der Waals surface area contributed by atoms with Gasteiger partial charge in [-0.15, -0.1) is 0 Å². The van der Waals surface area contributed by atoms with Gasteiger partial charge in [-0.2, -0.15) is 0 Å². The third-order valence-corrected chi connectivity index (χ3v) is 5.47. The number of nitrogens with zero attached hydrogens (tertiary/aromatic N) is 2. The second kappa shape index (κ2) is 9.29. The average molecular weight is 480 g/mol. The van der Waals surface area contributed by atoms with E-state index >= 15 is 0 Å². The van der Waals surface area contributed by atoms with Gasteiger partial charge in [0.05, 0.1) is 23.2 Å². The van der Waals surface area contributed by atoms with Gasteiger partial charge in [0.25, 0.3) is 5.69 Å². The number of carbonyl (C=O) groups is 3. The number of hydrogen-bond acceptors (Lipinski definition) is 9. The van der Waals surface area contributed by atoms with E-state index in [1.165, 1.54) is 0 Å². The lowest BCUT2D eigenvalue weighted by Gasteiger charge is -2.11. The second-order valence-corrected chi connectivity index (χ2v) is 7.67. The summed E-state index contributed by atoms with van der Waals surface area (Å²) < 4.78 is 22.3. The van der Waals surface area contributed by atoms with Gasteiger partial charge >= 0.3 is 11.9 Å². The van der Waals surface area contributed by atoms with Crippen molar-refractivity contribution in [2.24, 2.45) is 0 Å². The van der Waals surface area contributed by atoms with Crippen molar-refractivity contribution < 1.29 is 38.3 Å². The Balaban J connectivity index is 1.53. The number of methoxy groups -OCH3 is 1. The minimum absolute atomic E-state index is 0.142. The minimum Gasteiger partial charge on any atom is -0.465 e. The number of carbonyl (C=O) groups excluding carboxylic acids is 3. The van der Waals surface area contributed by atoms with Gasteiger partial charge in [0.1, 0.15) is 0 Å². The maximum absolute atomic E-state index is 12.9. The van der Waals surface area contributed by atoms with Crippen LogP contribution in [-0.2, 0) is 9.47 Å². The fraction of sp³-hybridized carbons (Fsp3) is 0.208. The zero-order chi connectivity index (χ0) is 25.3. The van der Waals surface area contributed by atoms with Gasteiger partial charge in [-0.05, 0) is 38.1 Å². The smallest absolute Gasteiger partial charge is 0.338 e. The van der Waals surface area contributed by atoms with E-state index in [4.69, 9.17) is 14.2 Å². The number of ketones is 1. The summed E-state index contributed by atoms with van der Waals surface area (Å²) in [5.74, 6) is -1.07. The summed E-state index contributed by atoms with van der Waals surface area (Å²) in [6.45, 7) is 3.14. The van der Waals surface area contributed by atoms with Gasteiger partial charge in [-0.25, -0.2) is 9.59 Å². The molecule has 2 heterocycles. The van der Waals surface area contributed by atoms with Gasteiger partial charge in [0.2, 0.25) is 12.6 Å². The molecule has 0 saturated heterocycles. The molecule has 0 saturated carbocycles. The van der Waals surface area contributed by atoms with Crippen molar-refractivity contribution in [2.45, 2.75) is 13.8 Å². The van der Waals surface area contributed by atoms with E-state index < -0.39 is 34.9 Å². The molecule has 0 unspecified atom stereocenters. The van der Waals surface area contributed by atoms with Crippen LogP contribution in [0, 0.1) is 24.0 Å². The Morgan fingerprint density at radius 3 is 2.37 bits per heavy atom. The number of nitro benzene ring substituents is 1. The van der Waals surface area contributed by atoms with Gasteiger partial charge in [0.15, 0.2) is 18.1 Å². The van der Waals surface area contributed by atoms with E-state index in [9.17, 15) is 24.5 Å². The molecule has 0 fully saturated rings. The summed E-state index contributed by atoms with van der Waals surface area (Å²) in [5.41, 5.74) is 1.60. The minimum atomic E-state index is -0.989. The third kappa shape index (κ3) is 4.56. The molecule has 0 aliphatic carbocycles. The predicted octanol–water partition coefficient (Wildman–Crippen LogP) is 3.56. The standard InChI is InChI=1S/C24H20N2O9/c1-13-6-19(14(2)25(13)17-4-5-21-22(10-17)35-12-34-21)20(27)11-33-24(29)16-7-15(23(28)32-3)8-18(9-16)26(30)31/h4-10H,11-12H2,1-3H3. The Morgan fingerprint density at radius 1 is 1.00 bits per heavy atom. The molecule has 2 aromatic carbocycles. The summed E-state index contributed by atoms with van der Waals surface area (Å²) in [7, 11) is 1.11. The van der Waals surface area contributed by atoms with Crippen LogP contribution in [0.3, 0.4) is 0 Å². The largest absolute Gasteiger partial charge is 0.465 e. The van der Waals surface area contributed by atoms with Crippen LogP contribution in [-0.4, -0.2) is 47.7 Å². The van der Waals surface area contributed by atoms with Crippen molar-refractivity contribution in [2.75, 3.05) is 20.5 Å². The highest BCUT2D eigenvalue weighted by molar-refractivity contribution is 6.01. The van der Waals surface area contributed by atoms with Crippen LogP contribution >= 0.6 is 0 Å². The van der Waals surface area contributed by atoms with Crippen LogP contribution in [0.15, 0.2) is 42.5 Å². The lowest BCUT2D eigenvalue weighted by molar-refractivity contribution is -0.384. The number of benzene rings is 2. The number of rotatable bonds is 7. The molecule has 0 bridgehead atoms. The topological polar surface area (TPSA) is 136 Å². The van der Waals surface area contributed by atoms with Crippen molar-refractivity contribution in [1.29, 1.82) is 0 Å². The zero-order valence-electron chi connectivity index (χ0n) is 19.0. The molecule has 11 heteroatoms. The quantitative estimate of drug-likeness (QED) is 0.215. The molecule has 1 aliphatic rings. The number of nitro groups is 1. The Kier molecular flexibility index (Phi) is 6.24. The SMILES string of the molecule is COC(=O)c1cc(C(=O)OCC(=O)c2cc(C)n(-c3ccc4c(c3)OCO4)c2C)cc([N+](=O)[O-])c1. The molecular weight excluding hydrogens is 460 g/mol. The lowest BCUT2D eigenvalue weighted by atomic mass is 10.1. The van der Waals surface area contributed by atoms with Crippen molar-refractivity contribution in [1.82, 2.24) is 4.57 Å². The molecule has 1 aromatic heterocycles. The number of ether oxygens (including phenoxy) is 4. The van der Waals surface area contributed by atoms with E-state index in [0.29, 0.717) is 22.8 Å². The van der Waals surface area contributed by atoms with E-state index in [1.54, 1.807) is 25.1 Å². The highest BCUT2D eigenvalue weighted by Crippen LogP contribution is 2.35. The first kappa shape index (κ1) is 23.5. The fourth-order valence-electron chi connectivity index (χ4n) is 3.83. The van der Waals surface area contributed by atoms with E-state index in [1.807, 2.05) is 17.6 Å². The van der Waals surface area contributed by atoms with Crippen LogP contribution in [0.2, 0.25) is 0 Å². The Morgan fingerprint density at radius 2 is 1.69 bits per heavy atom. The predicted molar refractivity (Wildman–Crippen MR) is 120 cm³/mol. The number of hydrogen-bond donors (Lipinski definition) is 0. The molecule has 0 atom stereocenters. The maximum atomic E-state index is 12.9. The Hall–Kier alpha value is -4.67. The Bertz CT molecular complexity index is 1370. The van der Waals surface area contributed by atoms with E-state index in [-0.39, 0.29) is 17.9 Å². The van der Waals surface area contributed by atoms with Gasteiger partial charge in [-0.3, -0.25) is 14.9 Å². The molecule has 3 aromatic rings. The van der Waals surface area contributed by atoms with Crippen molar-refractivity contribution in [3.8, 4) is 17.2 Å². The monoisotopic (exact) mass is 480 g/mol. The first-order valence-electron chi connectivity index (χ1n) is 10.4. The lowest BCUT2D eigenvalue weighted by Crippen LogP contribution is -2.16. The van der Waals surface area contributed by atoms with Gasteiger partial charge < -0.3 is 23.5 Å². The molecular formula is C24H20N2O9. The summed E-state index contributed by atoms with van der Waals surface area (Å²) >= 11 is 0. The van der Waals surface area contributed by atoms with Crippen LogP contribution in [0.5, 0.6) is 11.5 Å². The zero-order valence-corrected chi connectivity index (χ0v) is 19.0. The summed E-state index contributed by atoms with van der Waals surface area (Å²) in [6.07, 6.45) is 0. The maximum Gasteiger partial charge on any atom is 0.338 e. The second-order valence-electron chi connectivity index (χ2n) is 7.67. The number of fused-ring (bicyclic) bond motifs is 1. The number of aryl methyl sites for hydroxylation is 1. The van der Waals surface area contributed by atoms with Gasteiger partial charge in [-0.1, -0.05) is 0 Å². The summed E-state index contributed by atoms with van der Waals surface area (Å²) in [5, 5.41) is 11.2. The molecule has 11 nitrogen and oxygen atoms in total. The highest BCUT2D eigenvalue weighted by atomic mass is 16.7. The first-order chi connectivity index (χ1) is 16.7. The number of non-ortho nitro benzene ring substituents is 1. The summed E-state index contributed by atoms with van der Waals surface area (Å²) in [4.78, 5) is 47.6. The summed E-state index contributed by atoms with van der Waals surface area (Å²) in [6, 6.07) is 10.2. The molecule has 0 radical (unpaired) electrons. The van der Waals surface area contributed by atoms with Gasteiger partial charge in [0, 0.05) is 40.8 Å². The third-order valence-electron chi connectivity index (χ3n) is 5.47. The molecule has 4 rings (SSSR count). The Labute approximate surface area is 198 Å². The molecule has 0 N–H and O–H groups in total. The van der Waals surface area contributed by atoms with Crippen molar-refractivity contribution >= 4 is 23.4 Å². The molecule has 0 spiro atoms. The van der Waals surface area contributed by atoms with Crippen LogP contribution in [0.1, 0.15) is 42.5 Å². The molecule has 35 heavy (non-hydrogen) atoms. The number of esters is 2. The first-order valence-corrected chi connectivity index (χ1v) is 10.4. The molecule has 1 aliphatic heterocycles. The molecule has 180 valence electrons. The normalized spacial score (nSPS) is 11.7. The highest BCUT2D eigenvalue weighted by Gasteiger charge is 2.23. The number of aromatic nitrogens is 1. The van der Waals surface area contributed by atoms with Crippen LogP contribution < -0.4 is 9.47 Å². The number of Topliss-reactive ketones (excluding diaryl/α,β-unsaturated/α-hetero) is 1. The molecule has 0 amide bonds. The van der Waals surface area contributed by atoms with Crippen molar-refractivity contribution in [3.63, 3.8) is 0 Å². The van der Waals surface area contributed by atoms with E-state index in [2.05, 4.69) is 4.74 Å². The average Bonchev–Trinajstić information content (AvgIpc) is 3.44. The van der Waals surface area contributed by atoms with E-state index in [0.717, 1.165) is 36.7 Å². The fourth-order valence-corrected chi connectivity index (χ4v) is 3.83. The van der Waals surface area contributed by atoms with Crippen LogP contribution in [0.4, 0.5) is 5.69 Å². The van der Waals surface area contributed by atoms with Crippen LogP contribution in [0.25, 0.3) is 5.69 Å². The van der Waals surface area contributed by atoms with Crippen molar-refractivity contribution in [3.05, 3.63) is 80.7 Å².